The van der Waals surface area contributed by atoms with E-state index in [1.54, 1.807) is 0 Å². The lowest BCUT2D eigenvalue weighted by atomic mass is 9.92. The monoisotopic (exact) mass is 149 g/mol. The van der Waals surface area contributed by atoms with Gasteiger partial charge in [0.25, 0.3) is 5.75 Å². The third-order valence-electron chi connectivity index (χ3n) is 2.35. The summed E-state index contributed by atoms with van der Waals surface area (Å²) in [5.74, 6) is 0.658. The van der Waals surface area contributed by atoms with Crippen LogP contribution in [0.15, 0.2) is 18.2 Å². The van der Waals surface area contributed by atoms with E-state index in [0.29, 0.717) is 5.75 Å². The van der Waals surface area contributed by atoms with Crippen LogP contribution >= 0.6 is 0 Å². The van der Waals surface area contributed by atoms with Gasteiger partial charge >= 0.3 is 0 Å². The van der Waals surface area contributed by atoms with Gasteiger partial charge in [-0.3, -0.25) is 0 Å². The minimum absolute atomic E-state index is 0.658. The van der Waals surface area contributed by atoms with Crippen molar-refractivity contribution in [1.29, 1.82) is 0 Å². The van der Waals surface area contributed by atoms with Crippen LogP contribution in [0.3, 0.4) is 0 Å². The molecule has 2 N–H and O–H groups in total. The third kappa shape index (κ3) is 1.23. The quantitative estimate of drug-likeness (QED) is 0.504. The molecule has 1 aromatic carbocycles. The summed E-state index contributed by atoms with van der Waals surface area (Å²) in [5.41, 5.74) is 2.87. The van der Waals surface area contributed by atoms with E-state index >= 15 is 0 Å². The molecule has 0 spiro atoms. The highest BCUT2D eigenvalue weighted by Crippen LogP contribution is 2.24. The maximum absolute atomic E-state index is 7.44. The molecule has 0 radical (unpaired) electrons. The molecule has 0 aromatic heterocycles. The fourth-order valence-electron chi connectivity index (χ4n) is 1.73. The lowest BCUT2D eigenvalue weighted by Gasteiger charge is -2.13. The molecular weight excluding hydrogens is 136 g/mol. The maximum Gasteiger partial charge on any atom is 0.254 e. The summed E-state index contributed by atoms with van der Waals surface area (Å²) in [4.78, 5) is 0. The number of hydrogen-bond acceptors (Lipinski definition) is 0. The Morgan fingerprint density at radius 2 is 1.73 bits per heavy atom. The van der Waals surface area contributed by atoms with Gasteiger partial charge in [-0.15, -0.1) is 0 Å². The summed E-state index contributed by atoms with van der Waals surface area (Å²) < 4.78 is 0. The summed E-state index contributed by atoms with van der Waals surface area (Å²) in [6, 6.07) is 6.01. The molecule has 0 atom stereocenters. The van der Waals surface area contributed by atoms with Crippen molar-refractivity contribution in [3.05, 3.63) is 29.3 Å². The molecule has 0 heterocycles. The molecular formula is C10H13O+. The Hall–Kier alpha value is -0.980. The van der Waals surface area contributed by atoms with Gasteiger partial charge in [-0.1, -0.05) is 0 Å². The first-order valence-corrected chi connectivity index (χ1v) is 4.20. The Morgan fingerprint density at radius 1 is 1.00 bits per heavy atom. The topological polar surface area (TPSA) is 22.9 Å². The molecule has 58 valence electrons. The molecule has 0 bridgehead atoms. The first-order valence-electron chi connectivity index (χ1n) is 4.20. The van der Waals surface area contributed by atoms with Gasteiger partial charge in [-0.2, -0.15) is 0 Å². The van der Waals surface area contributed by atoms with Crippen molar-refractivity contribution < 1.29 is 5.11 Å². The number of hydrogen-bond donors (Lipinski definition) is 0. The minimum Gasteiger partial charge on any atom is -0.593 e. The second kappa shape index (κ2) is 2.57. The van der Waals surface area contributed by atoms with Gasteiger partial charge in [0.1, 0.15) is 0 Å². The summed E-state index contributed by atoms with van der Waals surface area (Å²) in [7, 11) is 0. The molecule has 0 fully saturated rings. The van der Waals surface area contributed by atoms with Gasteiger partial charge in [0.15, 0.2) is 0 Å². The molecule has 0 unspecified atom stereocenters. The predicted octanol–water partition coefficient (Wildman–Crippen LogP) is 2.00. The molecule has 0 aliphatic heterocycles. The Morgan fingerprint density at radius 3 is 2.55 bits per heavy atom. The lowest BCUT2D eigenvalue weighted by Crippen LogP contribution is -2.01. The fourth-order valence-corrected chi connectivity index (χ4v) is 1.73. The summed E-state index contributed by atoms with van der Waals surface area (Å²) in [5, 5.41) is 7.44. The van der Waals surface area contributed by atoms with Crippen LogP contribution in [0.25, 0.3) is 0 Å². The zero-order valence-electron chi connectivity index (χ0n) is 6.56. The van der Waals surface area contributed by atoms with Crippen LogP contribution in [0.1, 0.15) is 24.0 Å². The van der Waals surface area contributed by atoms with Crippen molar-refractivity contribution >= 4 is 0 Å². The average Bonchev–Trinajstić information content (AvgIpc) is 2.04. The Labute approximate surface area is 66.7 Å². The van der Waals surface area contributed by atoms with Crippen molar-refractivity contribution in [2.75, 3.05) is 0 Å². The second-order valence-corrected chi connectivity index (χ2v) is 3.19. The van der Waals surface area contributed by atoms with Crippen LogP contribution in [0, 0.1) is 0 Å². The number of aryl methyl sites for hydroxylation is 2. The van der Waals surface area contributed by atoms with E-state index in [2.05, 4.69) is 6.07 Å². The first kappa shape index (κ1) is 6.71. The maximum atomic E-state index is 7.44. The van der Waals surface area contributed by atoms with Crippen LogP contribution in [0.5, 0.6) is 5.75 Å². The van der Waals surface area contributed by atoms with Crippen LogP contribution in [-0.4, -0.2) is 5.11 Å². The van der Waals surface area contributed by atoms with E-state index in [0.717, 1.165) is 0 Å². The van der Waals surface area contributed by atoms with Crippen LogP contribution in [-0.2, 0) is 12.8 Å². The van der Waals surface area contributed by atoms with Crippen molar-refractivity contribution in [2.24, 2.45) is 0 Å². The van der Waals surface area contributed by atoms with E-state index in [9.17, 15) is 0 Å². The van der Waals surface area contributed by atoms with E-state index < -0.39 is 0 Å². The average molecular weight is 149 g/mol. The Kier molecular flexibility index (Phi) is 1.57. The molecule has 0 amide bonds. The van der Waals surface area contributed by atoms with Gasteiger partial charge < -0.3 is 5.11 Å². The molecule has 2 rings (SSSR count). The van der Waals surface area contributed by atoms with Gasteiger partial charge in [0, 0.05) is 12.1 Å². The molecule has 0 saturated carbocycles. The van der Waals surface area contributed by atoms with Crippen LogP contribution < -0.4 is 0 Å². The minimum atomic E-state index is 0.658. The normalized spacial score (nSPS) is 16.0. The van der Waals surface area contributed by atoms with Crippen molar-refractivity contribution in [3.63, 3.8) is 0 Å². The molecule has 1 aliphatic carbocycles. The van der Waals surface area contributed by atoms with Gasteiger partial charge in [0.2, 0.25) is 0 Å². The SMILES string of the molecule is [OH2+]c1ccc2c(c1)CCCC2. The summed E-state index contributed by atoms with van der Waals surface area (Å²) in [6.45, 7) is 0. The Bertz CT molecular complexity index is 266. The van der Waals surface area contributed by atoms with E-state index in [1.807, 2.05) is 12.1 Å². The zero-order chi connectivity index (χ0) is 7.68. The zero-order valence-corrected chi connectivity index (χ0v) is 6.56. The predicted molar refractivity (Wildman–Crippen MR) is 46.1 cm³/mol. The number of rotatable bonds is 0. The first-order chi connectivity index (χ1) is 5.36. The summed E-state index contributed by atoms with van der Waals surface area (Å²) >= 11 is 0. The van der Waals surface area contributed by atoms with Gasteiger partial charge in [-0.25, -0.2) is 0 Å². The van der Waals surface area contributed by atoms with Gasteiger partial charge in [0.05, 0.1) is 0 Å². The molecule has 1 heteroatoms. The number of benzene rings is 1. The van der Waals surface area contributed by atoms with E-state index in [4.69, 9.17) is 5.11 Å². The summed E-state index contributed by atoms with van der Waals surface area (Å²) in [6.07, 6.45) is 5.03. The highest BCUT2D eigenvalue weighted by Gasteiger charge is 2.09. The van der Waals surface area contributed by atoms with Crippen molar-refractivity contribution in [1.82, 2.24) is 0 Å². The van der Waals surface area contributed by atoms with Crippen molar-refractivity contribution in [2.45, 2.75) is 25.7 Å². The van der Waals surface area contributed by atoms with Crippen molar-refractivity contribution in [3.8, 4) is 5.75 Å². The molecule has 1 aliphatic rings. The highest BCUT2D eigenvalue weighted by molar-refractivity contribution is 5.36. The highest BCUT2D eigenvalue weighted by atomic mass is 16.3. The van der Waals surface area contributed by atoms with Crippen LogP contribution in [0.4, 0.5) is 0 Å². The molecule has 1 nitrogen and oxygen atoms in total. The largest absolute Gasteiger partial charge is 0.593 e. The number of fused-ring (bicyclic) bond motifs is 1. The Balaban J connectivity index is 2.43. The lowest BCUT2D eigenvalue weighted by molar-refractivity contribution is 0.473. The van der Waals surface area contributed by atoms with E-state index in [-0.39, 0.29) is 0 Å². The molecule has 11 heavy (non-hydrogen) atoms. The molecule has 1 aromatic rings. The standard InChI is InChI=1S/C10H12O/c11-10-6-5-8-3-1-2-4-9(8)7-10/h5-7,11H,1-4H2/p+1. The second-order valence-electron chi connectivity index (χ2n) is 3.19. The third-order valence-corrected chi connectivity index (χ3v) is 2.35. The van der Waals surface area contributed by atoms with Crippen LogP contribution in [0.2, 0.25) is 0 Å². The van der Waals surface area contributed by atoms with E-state index in [1.165, 1.54) is 36.8 Å². The molecule has 0 saturated heterocycles. The smallest absolute Gasteiger partial charge is 0.254 e. The van der Waals surface area contributed by atoms with Gasteiger partial charge in [-0.05, 0) is 42.9 Å². The fraction of sp³-hybridized carbons (Fsp3) is 0.400.